The van der Waals surface area contributed by atoms with E-state index in [1.807, 2.05) is 0 Å². The average Bonchev–Trinajstić information content (AvgIpc) is 3.22. The molecule has 2 rings (SSSR count). The summed E-state index contributed by atoms with van der Waals surface area (Å²) in [6.07, 6.45) is 2.89. The summed E-state index contributed by atoms with van der Waals surface area (Å²) in [5.74, 6) is -0.650. The number of carbonyl (C=O) groups excluding carboxylic acids is 2. The lowest BCUT2D eigenvalue weighted by Gasteiger charge is -2.07. The Bertz CT molecular complexity index is 574. The Morgan fingerprint density at radius 1 is 1.35 bits per heavy atom. The van der Waals surface area contributed by atoms with Crippen LogP contribution < -0.4 is 0 Å². The number of allylic oxidation sites excluding steroid dienone is 1. The van der Waals surface area contributed by atoms with E-state index < -0.39 is 5.78 Å². The highest BCUT2D eigenvalue weighted by Crippen LogP contribution is 2.34. The molecule has 1 aliphatic carbocycles. The molecule has 0 saturated heterocycles. The van der Waals surface area contributed by atoms with Crippen molar-refractivity contribution < 1.29 is 14.3 Å². The van der Waals surface area contributed by atoms with Crippen LogP contribution in [0.1, 0.15) is 30.1 Å². The maximum absolute atomic E-state index is 12.5. The van der Waals surface area contributed by atoms with E-state index in [1.54, 1.807) is 13.0 Å². The minimum atomic E-state index is -0.419. The van der Waals surface area contributed by atoms with Gasteiger partial charge in [0.15, 0.2) is 5.78 Å². The fourth-order valence-electron chi connectivity index (χ4n) is 1.77. The molecule has 0 bridgehead atoms. The molecule has 0 unspecified atom stereocenters. The lowest BCUT2D eigenvalue weighted by molar-refractivity contribution is -0.116. The lowest BCUT2D eigenvalue weighted by atomic mass is 9.98. The summed E-state index contributed by atoms with van der Waals surface area (Å²) in [4.78, 5) is 24.6. The van der Waals surface area contributed by atoms with Gasteiger partial charge in [0.2, 0.25) is 5.78 Å². The molecule has 0 atom stereocenters. The topological polar surface area (TPSA) is 43.4 Å². The molecule has 106 valence electrons. The number of benzene rings is 1. The van der Waals surface area contributed by atoms with Crippen LogP contribution in [0, 0.1) is 5.92 Å². The van der Waals surface area contributed by atoms with E-state index in [9.17, 15) is 9.59 Å². The molecule has 0 heterocycles. The summed E-state index contributed by atoms with van der Waals surface area (Å²) in [7, 11) is 0. The van der Waals surface area contributed by atoms with E-state index >= 15 is 0 Å². The van der Waals surface area contributed by atoms with Gasteiger partial charge in [0.1, 0.15) is 5.57 Å². The molecule has 0 N–H and O–H groups in total. The van der Waals surface area contributed by atoms with Crippen LogP contribution in [0.15, 0.2) is 30.0 Å². The summed E-state index contributed by atoms with van der Waals surface area (Å²) in [5, 5.41) is 0.670. The van der Waals surface area contributed by atoms with Gasteiger partial charge in [-0.15, -0.1) is 0 Å². The third kappa shape index (κ3) is 3.41. The van der Waals surface area contributed by atoms with E-state index in [2.05, 4.69) is 0 Å². The Hall–Kier alpha value is -1.32. The number of Topliss-reactive ketones (excluding diaryl/α,β-unsaturated/α-hetero) is 2. The monoisotopic (exact) mass is 312 g/mol. The van der Waals surface area contributed by atoms with Crippen molar-refractivity contribution in [3.05, 3.63) is 45.6 Å². The van der Waals surface area contributed by atoms with Crippen molar-refractivity contribution in [3.8, 4) is 0 Å². The van der Waals surface area contributed by atoms with Crippen LogP contribution in [-0.2, 0) is 9.53 Å². The Balaban J connectivity index is 2.32. The molecule has 0 radical (unpaired) electrons. The molecule has 5 heteroatoms. The van der Waals surface area contributed by atoms with Crippen LogP contribution in [0.25, 0.3) is 0 Å². The van der Waals surface area contributed by atoms with Gasteiger partial charge in [-0.05, 0) is 38.0 Å². The predicted molar refractivity (Wildman–Crippen MR) is 78.2 cm³/mol. The molecule has 0 spiro atoms. The van der Waals surface area contributed by atoms with E-state index in [1.165, 1.54) is 18.4 Å². The van der Waals surface area contributed by atoms with Crippen LogP contribution in [-0.4, -0.2) is 18.2 Å². The van der Waals surface area contributed by atoms with Gasteiger partial charge in [-0.3, -0.25) is 9.59 Å². The van der Waals surface area contributed by atoms with E-state index in [0.29, 0.717) is 11.6 Å². The fraction of sp³-hybridized carbons (Fsp3) is 0.333. The molecule has 1 fully saturated rings. The van der Waals surface area contributed by atoms with E-state index in [0.717, 1.165) is 12.8 Å². The Morgan fingerprint density at radius 2 is 2.05 bits per heavy atom. The van der Waals surface area contributed by atoms with Gasteiger partial charge in [-0.25, -0.2) is 0 Å². The van der Waals surface area contributed by atoms with Gasteiger partial charge >= 0.3 is 0 Å². The highest BCUT2D eigenvalue weighted by Gasteiger charge is 2.35. The third-order valence-electron chi connectivity index (χ3n) is 3.00. The summed E-state index contributed by atoms with van der Waals surface area (Å²) >= 11 is 11.8. The lowest BCUT2D eigenvalue weighted by Crippen LogP contribution is -2.16. The minimum absolute atomic E-state index is 0.0542. The number of hydrogen-bond acceptors (Lipinski definition) is 3. The molecule has 1 aromatic carbocycles. The van der Waals surface area contributed by atoms with Crippen molar-refractivity contribution in [1.29, 1.82) is 0 Å². The van der Waals surface area contributed by atoms with Gasteiger partial charge < -0.3 is 4.74 Å². The van der Waals surface area contributed by atoms with Gasteiger partial charge in [-0.1, -0.05) is 23.2 Å². The Morgan fingerprint density at radius 3 is 2.60 bits per heavy atom. The minimum Gasteiger partial charge on any atom is -0.501 e. The molecule has 0 aliphatic heterocycles. The van der Waals surface area contributed by atoms with Gasteiger partial charge in [0.25, 0.3) is 0 Å². The zero-order valence-corrected chi connectivity index (χ0v) is 12.5. The van der Waals surface area contributed by atoms with Crippen LogP contribution >= 0.6 is 23.2 Å². The highest BCUT2D eigenvalue weighted by atomic mass is 35.5. The van der Waals surface area contributed by atoms with Gasteiger partial charge in [0, 0.05) is 16.5 Å². The number of ether oxygens (including phenoxy) is 1. The highest BCUT2D eigenvalue weighted by molar-refractivity contribution is 6.39. The molecule has 0 amide bonds. The second-order valence-electron chi connectivity index (χ2n) is 4.58. The Labute approximate surface area is 127 Å². The summed E-state index contributed by atoms with van der Waals surface area (Å²) in [6, 6.07) is 4.57. The molecule has 1 aromatic rings. The van der Waals surface area contributed by atoms with E-state index in [4.69, 9.17) is 27.9 Å². The zero-order chi connectivity index (χ0) is 14.7. The number of halogens is 2. The summed E-state index contributed by atoms with van der Waals surface area (Å²) in [6.45, 7) is 2.18. The first-order valence-corrected chi connectivity index (χ1v) is 7.16. The van der Waals surface area contributed by atoms with Crippen molar-refractivity contribution in [2.75, 3.05) is 6.61 Å². The van der Waals surface area contributed by atoms with Crippen LogP contribution in [0.4, 0.5) is 0 Å². The Kier molecular flexibility index (Phi) is 4.84. The van der Waals surface area contributed by atoms with E-state index in [-0.39, 0.29) is 27.9 Å². The normalized spacial score (nSPS) is 15.1. The molecule has 1 saturated carbocycles. The maximum Gasteiger partial charge on any atom is 0.201 e. The van der Waals surface area contributed by atoms with Crippen LogP contribution in [0.2, 0.25) is 10.0 Å². The summed E-state index contributed by atoms with van der Waals surface area (Å²) < 4.78 is 5.13. The molecular weight excluding hydrogens is 299 g/mol. The smallest absolute Gasteiger partial charge is 0.201 e. The van der Waals surface area contributed by atoms with Crippen molar-refractivity contribution in [2.24, 2.45) is 5.92 Å². The number of carbonyl (C=O) groups is 2. The largest absolute Gasteiger partial charge is 0.501 e. The van der Waals surface area contributed by atoms with Gasteiger partial charge in [-0.2, -0.15) is 0 Å². The predicted octanol–water partition coefficient (Wildman–Crippen LogP) is 4.08. The van der Waals surface area contributed by atoms with Crippen molar-refractivity contribution in [3.63, 3.8) is 0 Å². The zero-order valence-electron chi connectivity index (χ0n) is 11.0. The molecule has 3 nitrogen and oxygen atoms in total. The molecular formula is C15H14Cl2O3. The second kappa shape index (κ2) is 6.42. The first-order valence-electron chi connectivity index (χ1n) is 6.40. The van der Waals surface area contributed by atoms with Crippen molar-refractivity contribution in [2.45, 2.75) is 19.8 Å². The maximum atomic E-state index is 12.5. The van der Waals surface area contributed by atoms with Crippen molar-refractivity contribution >= 4 is 34.8 Å². The standard InChI is InChI=1S/C15H14Cl2O3/c1-2-20-8-12(14(18)9-3-4-9)15(19)11-6-5-10(16)7-13(11)17/h5-9H,2-4H2,1H3. The van der Waals surface area contributed by atoms with Crippen LogP contribution in [0.5, 0.6) is 0 Å². The third-order valence-corrected chi connectivity index (χ3v) is 3.55. The first-order chi connectivity index (χ1) is 9.54. The van der Waals surface area contributed by atoms with Crippen LogP contribution in [0.3, 0.4) is 0 Å². The quantitative estimate of drug-likeness (QED) is 0.261. The van der Waals surface area contributed by atoms with Crippen molar-refractivity contribution in [1.82, 2.24) is 0 Å². The second-order valence-corrected chi connectivity index (χ2v) is 5.42. The number of ketones is 2. The number of hydrogen-bond donors (Lipinski definition) is 0. The summed E-state index contributed by atoms with van der Waals surface area (Å²) in [5.41, 5.74) is 0.314. The molecule has 20 heavy (non-hydrogen) atoms. The first kappa shape index (κ1) is 15.1. The van der Waals surface area contributed by atoms with Gasteiger partial charge in [0.05, 0.1) is 17.9 Å². The average molecular weight is 313 g/mol. The molecule has 0 aromatic heterocycles. The number of rotatable bonds is 6. The fourth-order valence-corrected chi connectivity index (χ4v) is 2.27. The molecule has 1 aliphatic rings. The SMILES string of the molecule is CCOC=C(C(=O)c1ccc(Cl)cc1Cl)C(=O)C1CC1.